The maximum atomic E-state index is 12.0. The van der Waals surface area contributed by atoms with Crippen molar-refractivity contribution in [3.05, 3.63) is 0 Å². The number of carbonyl (C=O) groups excluding carboxylic acids is 1. The van der Waals surface area contributed by atoms with Gasteiger partial charge in [-0.15, -0.1) is 0 Å². The van der Waals surface area contributed by atoms with Gasteiger partial charge in [-0.25, -0.2) is 4.79 Å². The molecule has 2 fully saturated rings. The van der Waals surface area contributed by atoms with Gasteiger partial charge in [0.2, 0.25) is 0 Å². The lowest BCUT2D eigenvalue weighted by Gasteiger charge is -2.26. The number of amides is 1. The molecule has 1 aliphatic carbocycles. The number of ether oxygens (including phenoxy) is 1. The van der Waals surface area contributed by atoms with Gasteiger partial charge in [0, 0.05) is 13.1 Å². The number of carboxylic acids is 1. The van der Waals surface area contributed by atoms with Gasteiger partial charge in [0.15, 0.2) is 0 Å². The summed E-state index contributed by atoms with van der Waals surface area (Å²) in [5, 5.41) is 9.43. The van der Waals surface area contributed by atoms with Crippen molar-refractivity contribution in [1.82, 2.24) is 4.90 Å². The number of hydrogen-bond acceptors (Lipinski definition) is 3. The van der Waals surface area contributed by atoms with Crippen molar-refractivity contribution in [1.29, 1.82) is 0 Å². The van der Waals surface area contributed by atoms with E-state index in [2.05, 4.69) is 0 Å². The SMILES string of the molecule is CC(C)(C)OC(=O)N1C[C@@H]2CCC[C@@]2(C(=O)O)C1. The molecule has 0 unspecified atom stereocenters. The van der Waals surface area contributed by atoms with Crippen LogP contribution in [0.1, 0.15) is 40.0 Å². The molecule has 18 heavy (non-hydrogen) atoms. The highest BCUT2D eigenvalue weighted by Gasteiger charge is 2.56. The fourth-order valence-corrected chi connectivity index (χ4v) is 3.10. The zero-order valence-electron chi connectivity index (χ0n) is 11.2. The molecule has 1 amide bonds. The van der Waals surface area contributed by atoms with E-state index < -0.39 is 23.1 Å². The molecule has 2 atom stereocenters. The van der Waals surface area contributed by atoms with Gasteiger partial charge in [0.1, 0.15) is 5.60 Å². The summed E-state index contributed by atoms with van der Waals surface area (Å²) in [5.74, 6) is -0.682. The molecule has 102 valence electrons. The van der Waals surface area contributed by atoms with Crippen LogP contribution in [0.3, 0.4) is 0 Å². The first kappa shape index (κ1) is 13.2. The van der Waals surface area contributed by atoms with E-state index in [9.17, 15) is 14.7 Å². The minimum atomic E-state index is -0.768. The van der Waals surface area contributed by atoms with E-state index in [0.29, 0.717) is 19.5 Å². The first-order valence-electron chi connectivity index (χ1n) is 6.46. The molecule has 1 aliphatic heterocycles. The van der Waals surface area contributed by atoms with E-state index in [-0.39, 0.29) is 5.92 Å². The second-order valence-corrected chi connectivity index (χ2v) is 6.41. The summed E-state index contributed by atoms with van der Waals surface area (Å²) in [4.78, 5) is 25.0. The third-order valence-corrected chi connectivity index (χ3v) is 3.95. The van der Waals surface area contributed by atoms with E-state index in [1.165, 1.54) is 0 Å². The van der Waals surface area contributed by atoms with Crippen molar-refractivity contribution in [2.75, 3.05) is 13.1 Å². The molecular weight excluding hydrogens is 234 g/mol. The lowest BCUT2D eigenvalue weighted by atomic mass is 9.81. The Hall–Kier alpha value is -1.26. The summed E-state index contributed by atoms with van der Waals surface area (Å²) in [7, 11) is 0. The molecule has 2 aliphatic rings. The van der Waals surface area contributed by atoms with Crippen LogP contribution in [0.5, 0.6) is 0 Å². The van der Waals surface area contributed by atoms with Crippen LogP contribution < -0.4 is 0 Å². The van der Waals surface area contributed by atoms with Crippen LogP contribution in [0.2, 0.25) is 0 Å². The first-order valence-corrected chi connectivity index (χ1v) is 6.46. The molecule has 1 heterocycles. The Kier molecular flexibility index (Phi) is 3.03. The average Bonchev–Trinajstić information content (AvgIpc) is 2.69. The molecule has 2 rings (SSSR count). The zero-order chi connectivity index (χ0) is 13.6. The first-order chi connectivity index (χ1) is 8.24. The Balaban J connectivity index is 2.08. The van der Waals surface area contributed by atoms with Crippen LogP contribution in [-0.4, -0.2) is 40.8 Å². The second kappa shape index (κ2) is 4.14. The minimum Gasteiger partial charge on any atom is -0.481 e. The number of carboxylic acid groups (broad SMARTS) is 1. The molecule has 1 saturated carbocycles. The van der Waals surface area contributed by atoms with Gasteiger partial charge in [-0.2, -0.15) is 0 Å². The van der Waals surface area contributed by atoms with Crippen LogP contribution in [0, 0.1) is 11.3 Å². The highest BCUT2D eigenvalue weighted by atomic mass is 16.6. The highest BCUT2D eigenvalue weighted by molar-refractivity contribution is 5.79. The van der Waals surface area contributed by atoms with Crippen molar-refractivity contribution >= 4 is 12.1 Å². The third-order valence-electron chi connectivity index (χ3n) is 3.95. The van der Waals surface area contributed by atoms with Gasteiger partial charge in [0.05, 0.1) is 5.41 Å². The lowest BCUT2D eigenvalue weighted by Crippen LogP contribution is -2.39. The van der Waals surface area contributed by atoms with Gasteiger partial charge in [-0.05, 0) is 39.5 Å². The van der Waals surface area contributed by atoms with E-state index in [1.807, 2.05) is 20.8 Å². The molecule has 1 saturated heterocycles. The monoisotopic (exact) mass is 255 g/mol. The van der Waals surface area contributed by atoms with Gasteiger partial charge < -0.3 is 14.7 Å². The second-order valence-electron chi connectivity index (χ2n) is 6.41. The lowest BCUT2D eigenvalue weighted by molar-refractivity contribution is -0.149. The van der Waals surface area contributed by atoms with Gasteiger partial charge in [0.25, 0.3) is 0 Å². The summed E-state index contributed by atoms with van der Waals surface area (Å²) >= 11 is 0. The van der Waals surface area contributed by atoms with Crippen LogP contribution in [0.4, 0.5) is 4.79 Å². The fraction of sp³-hybridized carbons (Fsp3) is 0.846. The Bertz CT molecular complexity index is 374. The molecule has 0 spiro atoms. The maximum Gasteiger partial charge on any atom is 0.410 e. The molecule has 0 aromatic carbocycles. The number of aliphatic carboxylic acids is 1. The zero-order valence-corrected chi connectivity index (χ0v) is 11.2. The standard InChI is InChI=1S/C13H21NO4/c1-12(2,3)18-11(17)14-7-9-5-4-6-13(9,8-14)10(15)16/h9H,4-8H2,1-3H3,(H,15,16)/t9-,13+/m0/s1. The molecule has 0 aromatic rings. The summed E-state index contributed by atoms with van der Waals surface area (Å²) < 4.78 is 5.31. The fourth-order valence-electron chi connectivity index (χ4n) is 3.10. The van der Waals surface area contributed by atoms with E-state index in [1.54, 1.807) is 4.90 Å². The van der Waals surface area contributed by atoms with Gasteiger partial charge in [-0.1, -0.05) is 6.42 Å². The van der Waals surface area contributed by atoms with Gasteiger partial charge in [-0.3, -0.25) is 4.79 Å². The topological polar surface area (TPSA) is 66.8 Å². The summed E-state index contributed by atoms with van der Waals surface area (Å²) in [6, 6.07) is 0. The smallest absolute Gasteiger partial charge is 0.410 e. The van der Waals surface area contributed by atoms with Crippen LogP contribution >= 0.6 is 0 Å². The number of rotatable bonds is 1. The van der Waals surface area contributed by atoms with Crippen molar-refractivity contribution in [3.8, 4) is 0 Å². The Morgan fingerprint density at radius 1 is 1.39 bits per heavy atom. The molecule has 1 N–H and O–H groups in total. The van der Waals surface area contributed by atoms with Crippen LogP contribution in [0.25, 0.3) is 0 Å². The maximum absolute atomic E-state index is 12.0. The molecule has 0 radical (unpaired) electrons. The van der Waals surface area contributed by atoms with E-state index in [0.717, 1.165) is 12.8 Å². The Morgan fingerprint density at radius 2 is 2.06 bits per heavy atom. The Morgan fingerprint density at radius 3 is 2.56 bits per heavy atom. The summed E-state index contributed by atoms with van der Waals surface area (Å²) in [5.41, 5.74) is -1.26. The minimum absolute atomic E-state index is 0.0857. The highest BCUT2D eigenvalue weighted by Crippen LogP contribution is 2.49. The molecule has 0 bridgehead atoms. The predicted octanol–water partition coefficient (Wildman–Crippen LogP) is 2.11. The van der Waals surface area contributed by atoms with Crippen LogP contribution in [-0.2, 0) is 9.53 Å². The molecule has 5 heteroatoms. The number of hydrogen-bond donors (Lipinski definition) is 1. The largest absolute Gasteiger partial charge is 0.481 e. The number of nitrogens with zero attached hydrogens (tertiary/aromatic N) is 1. The van der Waals surface area contributed by atoms with Crippen LogP contribution in [0.15, 0.2) is 0 Å². The van der Waals surface area contributed by atoms with Gasteiger partial charge >= 0.3 is 12.1 Å². The number of likely N-dealkylation sites (tertiary alicyclic amines) is 1. The summed E-state index contributed by atoms with van der Waals surface area (Å²) in [6.07, 6.45) is 2.12. The van der Waals surface area contributed by atoms with Crippen molar-refractivity contribution in [2.24, 2.45) is 11.3 Å². The molecule has 5 nitrogen and oxygen atoms in total. The van der Waals surface area contributed by atoms with E-state index >= 15 is 0 Å². The quantitative estimate of drug-likeness (QED) is 0.779. The number of fused-ring (bicyclic) bond motifs is 1. The average molecular weight is 255 g/mol. The third kappa shape index (κ3) is 2.18. The molecular formula is C13H21NO4. The predicted molar refractivity (Wildman–Crippen MR) is 65.2 cm³/mol. The molecule has 0 aromatic heterocycles. The van der Waals surface area contributed by atoms with Crippen molar-refractivity contribution < 1.29 is 19.4 Å². The van der Waals surface area contributed by atoms with E-state index in [4.69, 9.17) is 4.74 Å². The normalized spacial score (nSPS) is 31.3. The van der Waals surface area contributed by atoms with Crippen molar-refractivity contribution in [3.63, 3.8) is 0 Å². The van der Waals surface area contributed by atoms with Crippen molar-refractivity contribution in [2.45, 2.75) is 45.6 Å². The number of carbonyl (C=O) groups is 2. The Labute approximate surface area is 107 Å². The summed E-state index contributed by atoms with van der Waals surface area (Å²) in [6.45, 7) is 6.25.